The number of anilines is 1. The Morgan fingerprint density at radius 2 is 2.08 bits per heavy atom. The average Bonchev–Trinajstić information content (AvgIpc) is 3.10. The molecule has 0 atom stereocenters. The molecule has 0 spiro atoms. The number of halogens is 1. The van der Waals surface area contributed by atoms with E-state index in [1.54, 1.807) is 6.07 Å². The van der Waals surface area contributed by atoms with Crippen LogP contribution in [0.15, 0.2) is 21.7 Å². The molecule has 0 bridgehead atoms. The van der Waals surface area contributed by atoms with Crippen LogP contribution in [-0.4, -0.2) is 28.7 Å². The molecule has 1 saturated carbocycles. The Morgan fingerprint density at radius 1 is 1.25 bits per heavy atom. The molecule has 0 unspecified atom stereocenters. The molecule has 3 aromatic rings. The molecule has 2 fully saturated rings. The molecule has 0 radical (unpaired) electrons. The van der Waals surface area contributed by atoms with Gasteiger partial charge in [-0.3, -0.25) is 19.3 Å². The summed E-state index contributed by atoms with van der Waals surface area (Å²) in [5.74, 6) is -0.420. The smallest absolute Gasteiger partial charge is 0.271 e. The maximum Gasteiger partial charge on any atom is 0.271 e. The molecule has 0 amide bonds. The first-order chi connectivity index (χ1) is 11.6. The number of hydrogen-bond donors (Lipinski definition) is 2. The predicted octanol–water partition coefficient (Wildman–Crippen LogP) is 1.75. The van der Waals surface area contributed by atoms with Gasteiger partial charge in [0, 0.05) is 24.5 Å². The average molecular weight is 346 g/mol. The van der Waals surface area contributed by atoms with Crippen LogP contribution in [0.25, 0.3) is 21.1 Å². The fourth-order valence-electron chi connectivity index (χ4n) is 3.49. The Hall–Kier alpha value is -2.19. The number of aromatic amines is 1. The third-order valence-electron chi connectivity index (χ3n) is 4.81. The van der Waals surface area contributed by atoms with E-state index in [1.807, 2.05) is 9.47 Å². The first-order valence-electron chi connectivity index (χ1n) is 8.00. The molecule has 124 valence electrons. The van der Waals surface area contributed by atoms with Crippen molar-refractivity contribution in [2.45, 2.75) is 18.9 Å². The van der Waals surface area contributed by atoms with Crippen molar-refractivity contribution in [3.63, 3.8) is 0 Å². The van der Waals surface area contributed by atoms with E-state index in [4.69, 9.17) is 0 Å². The van der Waals surface area contributed by atoms with Crippen LogP contribution in [0.5, 0.6) is 0 Å². The first-order valence-corrected chi connectivity index (χ1v) is 8.81. The van der Waals surface area contributed by atoms with Crippen LogP contribution in [0.3, 0.4) is 0 Å². The zero-order chi connectivity index (χ0) is 16.4. The number of nitrogens with zero attached hydrogens (tertiary/aromatic N) is 2. The highest BCUT2D eigenvalue weighted by molar-refractivity contribution is 7.12. The van der Waals surface area contributed by atoms with Gasteiger partial charge in [0.25, 0.3) is 5.56 Å². The molecule has 5 rings (SSSR count). The molecule has 2 N–H and O–H groups in total. The Morgan fingerprint density at radius 3 is 2.79 bits per heavy atom. The molecule has 6 nitrogen and oxygen atoms in total. The van der Waals surface area contributed by atoms with Gasteiger partial charge in [0.2, 0.25) is 5.43 Å². The van der Waals surface area contributed by atoms with E-state index in [-0.39, 0.29) is 27.8 Å². The lowest BCUT2D eigenvalue weighted by molar-refractivity contribution is 0.624. The summed E-state index contributed by atoms with van der Waals surface area (Å²) < 4.78 is 19.3. The van der Waals surface area contributed by atoms with Crippen molar-refractivity contribution in [3.05, 3.63) is 38.5 Å². The molecule has 2 aliphatic rings. The summed E-state index contributed by atoms with van der Waals surface area (Å²) in [4.78, 5) is 27.4. The van der Waals surface area contributed by atoms with Crippen LogP contribution in [0.1, 0.15) is 18.9 Å². The molecule has 1 aliphatic carbocycles. The largest absolute Gasteiger partial charge is 0.355 e. The van der Waals surface area contributed by atoms with Gasteiger partial charge in [-0.1, -0.05) is 0 Å². The van der Waals surface area contributed by atoms with Gasteiger partial charge in [0.1, 0.15) is 16.0 Å². The van der Waals surface area contributed by atoms with Crippen LogP contribution < -0.4 is 21.2 Å². The summed E-state index contributed by atoms with van der Waals surface area (Å²) in [5, 5.41) is 3.62. The van der Waals surface area contributed by atoms with Gasteiger partial charge in [-0.05, 0) is 36.5 Å². The van der Waals surface area contributed by atoms with Crippen LogP contribution in [0, 0.1) is 5.82 Å². The summed E-state index contributed by atoms with van der Waals surface area (Å²) in [6.07, 6.45) is 2.02. The van der Waals surface area contributed by atoms with Crippen molar-refractivity contribution >= 4 is 38.3 Å². The second kappa shape index (κ2) is 4.90. The predicted molar refractivity (Wildman–Crippen MR) is 92.7 cm³/mol. The van der Waals surface area contributed by atoms with Gasteiger partial charge in [-0.2, -0.15) is 0 Å². The number of benzene rings is 1. The van der Waals surface area contributed by atoms with Crippen LogP contribution >= 0.6 is 11.5 Å². The molecular formula is C16H15FN4O2S. The SMILES string of the molecule is O=c1[nH]sc2c1c(=O)c1cc(F)c(N3CCNC3)cc1n2C1CC1. The Balaban J connectivity index is 1.91. The molecular weight excluding hydrogens is 331 g/mol. The highest BCUT2D eigenvalue weighted by atomic mass is 32.1. The molecule has 1 aliphatic heterocycles. The normalized spacial score (nSPS) is 18.1. The Kier molecular flexibility index (Phi) is 2.90. The van der Waals surface area contributed by atoms with Crippen molar-refractivity contribution < 1.29 is 4.39 Å². The minimum atomic E-state index is -0.420. The highest BCUT2D eigenvalue weighted by Crippen LogP contribution is 2.40. The minimum Gasteiger partial charge on any atom is -0.355 e. The van der Waals surface area contributed by atoms with E-state index < -0.39 is 5.82 Å². The van der Waals surface area contributed by atoms with Crippen LogP contribution in [0.4, 0.5) is 10.1 Å². The van der Waals surface area contributed by atoms with Gasteiger partial charge < -0.3 is 9.47 Å². The summed E-state index contributed by atoms with van der Waals surface area (Å²) in [7, 11) is 0. The van der Waals surface area contributed by atoms with E-state index in [1.165, 1.54) is 17.6 Å². The second-order valence-electron chi connectivity index (χ2n) is 6.39. The second-order valence-corrected chi connectivity index (χ2v) is 7.18. The lowest BCUT2D eigenvalue weighted by Crippen LogP contribution is -2.23. The number of H-pyrrole nitrogens is 1. The Bertz CT molecular complexity index is 1090. The van der Waals surface area contributed by atoms with Crippen molar-refractivity contribution in [3.8, 4) is 0 Å². The molecule has 1 saturated heterocycles. The third kappa shape index (κ3) is 1.90. The summed E-state index contributed by atoms with van der Waals surface area (Å²) in [6.45, 7) is 2.14. The van der Waals surface area contributed by atoms with E-state index in [0.717, 1.165) is 25.9 Å². The van der Waals surface area contributed by atoms with Crippen LogP contribution in [0.2, 0.25) is 0 Å². The van der Waals surface area contributed by atoms with Gasteiger partial charge >= 0.3 is 0 Å². The maximum atomic E-state index is 14.6. The van der Waals surface area contributed by atoms with E-state index in [9.17, 15) is 14.0 Å². The number of rotatable bonds is 2. The third-order valence-corrected chi connectivity index (χ3v) is 5.69. The quantitative estimate of drug-likeness (QED) is 0.742. The Labute approximate surface area is 139 Å². The lowest BCUT2D eigenvalue weighted by atomic mass is 10.1. The fourth-order valence-corrected chi connectivity index (χ4v) is 4.41. The van der Waals surface area contributed by atoms with Gasteiger partial charge in [-0.15, -0.1) is 0 Å². The standard InChI is InChI=1S/C16H15FN4O2S/c17-10-5-9-11(6-12(10)20-4-3-18-7-20)21(8-1-2-8)16-13(14(9)22)15(23)19-24-16/h5-6,8,18H,1-4,7H2,(H,19,23). The fraction of sp³-hybridized carbons (Fsp3) is 0.375. The minimum absolute atomic E-state index is 0.148. The lowest BCUT2D eigenvalue weighted by Gasteiger charge is -2.20. The zero-order valence-corrected chi connectivity index (χ0v) is 13.6. The van der Waals surface area contributed by atoms with Gasteiger partial charge in [0.05, 0.1) is 17.9 Å². The number of fused-ring (bicyclic) bond motifs is 2. The van der Waals surface area contributed by atoms with Crippen molar-refractivity contribution in [1.82, 2.24) is 14.3 Å². The van der Waals surface area contributed by atoms with E-state index in [0.29, 0.717) is 22.7 Å². The summed E-state index contributed by atoms with van der Waals surface area (Å²) in [5.41, 5.74) is 0.450. The molecule has 3 heterocycles. The molecule has 1 aromatic carbocycles. The number of aromatic nitrogens is 2. The number of pyridine rings is 1. The molecule has 2 aromatic heterocycles. The van der Waals surface area contributed by atoms with Crippen molar-refractivity contribution in [2.24, 2.45) is 0 Å². The van der Waals surface area contributed by atoms with Crippen molar-refractivity contribution in [1.29, 1.82) is 0 Å². The van der Waals surface area contributed by atoms with E-state index >= 15 is 0 Å². The highest BCUT2D eigenvalue weighted by Gasteiger charge is 2.29. The molecule has 8 heteroatoms. The zero-order valence-electron chi connectivity index (χ0n) is 12.8. The monoisotopic (exact) mass is 346 g/mol. The van der Waals surface area contributed by atoms with E-state index in [2.05, 4.69) is 9.69 Å². The number of nitrogens with one attached hydrogen (secondary N) is 2. The van der Waals surface area contributed by atoms with Crippen molar-refractivity contribution in [2.75, 3.05) is 24.7 Å². The topological polar surface area (TPSA) is 70.1 Å². The summed E-state index contributed by atoms with van der Waals surface area (Å²) >= 11 is 1.19. The molecule has 24 heavy (non-hydrogen) atoms. The van der Waals surface area contributed by atoms with Gasteiger partial charge in [0.15, 0.2) is 0 Å². The summed E-state index contributed by atoms with van der Waals surface area (Å²) in [6, 6.07) is 3.33. The first kappa shape index (κ1) is 14.2. The van der Waals surface area contributed by atoms with Gasteiger partial charge in [-0.25, -0.2) is 4.39 Å². The van der Waals surface area contributed by atoms with Crippen LogP contribution in [-0.2, 0) is 0 Å². The number of hydrogen-bond acceptors (Lipinski definition) is 5. The maximum absolute atomic E-state index is 14.6.